The largest absolute Gasteiger partial charge is 0.494 e. The predicted octanol–water partition coefficient (Wildman–Crippen LogP) is 1.79. The van der Waals surface area contributed by atoms with Crippen LogP contribution in [-0.2, 0) is 0 Å². The van der Waals surface area contributed by atoms with E-state index in [1.54, 1.807) is 24.3 Å². The van der Waals surface area contributed by atoms with Gasteiger partial charge in [-0.3, -0.25) is 4.79 Å². The Morgan fingerprint density at radius 1 is 1.50 bits per heavy atom. The van der Waals surface area contributed by atoms with Crippen molar-refractivity contribution < 1.29 is 9.53 Å². The van der Waals surface area contributed by atoms with E-state index < -0.39 is 5.91 Å². The number of primary amides is 1. The summed E-state index contributed by atoms with van der Waals surface area (Å²) in [5, 5.41) is 0. The molecule has 76 valence electrons. The smallest absolute Gasteiger partial charge is 0.248 e. The highest BCUT2D eigenvalue weighted by Crippen LogP contribution is 2.13. The molecule has 0 aliphatic carbocycles. The highest BCUT2D eigenvalue weighted by atomic mass is 35.5. The second kappa shape index (κ2) is 5.50. The maximum atomic E-state index is 10.8. The average Bonchev–Trinajstić information content (AvgIpc) is 2.19. The van der Waals surface area contributed by atoms with Crippen LogP contribution in [0.1, 0.15) is 16.8 Å². The maximum Gasteiger partial charge on any atom is 0.248 e. The van der Waals surface area contributed by atoms with Crippen LogP contribution in [0.15, 0.2) is 24.3 Å². The number of hydrogen-bond acceptors (Lipinski definition) is 2. The first-order valence-electron chi connectivity index (χ1n) is 4.32. The number of carbonyl (C=O) groups is 1. The number of rotatable bonds is 5. The van der Waals surface area contributed by atoms with E-state index in [0.717, 1.165) is 6.42 Å². The van der Waals surface area contributed by atoms with Gasteiger partial charge in [-0.15, -0.1) is 11.6 Å². The normalized spacial score (nSPS) is 9.79. The van der Waals surface area contributed by atoms with Gasteiger partial charge in [0.15, 0.2) is 0 Å². The van der Waals surface area contributed by atoms with Gasteiger partial charge in [0.2, 0.25) is 5.91 Å². The van der Waals surface area contributed by atoms with Gasteiger partial charge in [-0.25, -0.2) is 0 Å². The van der Waals surface area contributed by atoms with Gasteiger partial charge in [0.25, 0.3) is 0 Å². The molecule has 14 heavy (non-hydrogen) atoms. The molecule has 2 N–H and O–H groups in total. The molecule has 0 bridgehead atoms. The van der Waals surface area contributed by atoms with Crippen molar-refractivity contribution in [1.29, 1.82) is 0 Å². The van der Waals surface area contributed by atoms with Crippen molar-refractivity contribution in [3.63, 3.8) is 0 Å². The van der Waals surface area contributed by atoms with E-state index in [9.17, 15) is 4.79 Å². The SMILES string of the molecule is NC(=O)c1cccc(OCCCCl)c1. The summed E-state index contributed by atoms with van der Waals surface area (Å²) in [6, 6.07) is 6.78. The van der Waals surface area contributed by atoms with Crippen molar-refractivity contribution in [2.24, 2.45) is 5.73 Å². The van der Waals surface area contributed by atoms with E-state index in [1.165, 1.54) is 0 Å². The molecule has 0 aliphatic heterocycles. The van der Waals surface area contributed by atoms with Crippen LogP contribution >= 0.6 is 11.6 Å². The number of benzene rings is 1. The standard InChI is InChI=1S/C10H12ClNO2/c11-5-2-6-14-9-4-1-3-8(7-9)10(12)13/h1,3-4,7H,2,5-6H2,(H2,12,13). The van der Waals surface area contributed by atoms with Crippen LogP contribution in [0.4, 0.5) is 0 Å². The quantitative estimate of drug-likeness (QED) is 0.599. The van der Waals surface area contributed by atoms with Crippen molar-refractivity contribution in [2.45, 2.75) is 6.42 Å². The van der Waals surface area contributed by atoms with Crippen molar-refractivity contribution in [3.8, 4) is 5.75 Å². The fourth-order valence-electron chi connectivity index (χ4n) is 0.984. The van der Waals surface area contributed by atoms with Crippen LogP contribution in [0, 0.1) is 0 Å². The Hall–Kier alpha value is -1.22. The van der Waals surface area contributed by atoms with Crippen LogP contribution in [-0.4, -0.2) is 18.4 Å². The summed E-state index contributed by atoms with van der Waals surface area (Å²) in [4.78, 5) is 10.8. The van der Waals surface area contributed by atoms with Gasteiger partial charge in [0.1, 0.15) is 5.75 Å². The molecular formula is C10H12ClNO2. The minimum absolute atomic E-state index is 0.451. The maximum absolute atomic E-state index is 10.8. The molecule has 0 atom stereocenters. The Balaban J connectivity index is 2.59. The molecule has 4 heteroatoms. The number of alkyl halides is 1. The van der Waals surface area contributed by atoms with Crippen molar-refractivity contribution in [1.82, 2.24) is 0 Å². The highest BCUT2D eigenvalue weighted by molar-refractivity contribution is 6.17. The highest BCUT2D eigenvalue weighted by Gasteiger charge is 2.01. The van der Waals surface area contributed by atoms with Gasteiger partial charge in [-0.1, -0.05) is 6.07 Å². The topological polar surface area (TPSA) is 52.3 Å². The third-order valence-corrected chi connectivity index (χ3v) is 1.93. The minimum atomic E-state index is -0.451. The molecule has 0 spiro atoms. The molecule has 0 fully saturated rings. The molecule has 0 unspecified atom stereocenters. The van der Waals surface area contributed by atoms with Crippen molar-refractivity contribution >= 4 is 17.5 Å². The second-order valence-electron chi connectivity index (χ2n) is 2.78. The molecule has 0 heterocycles. The second-order valence-corrected chi connectivity index (χ2v) is 3.16. The number of nitrogens with two attached hydrogens (primary N) is 1. The fourth-order valence-corrected chi connectivity index (χ4v) is 1.09. The fraction of sp³-hybridized carbons (Fsp3) is 0.300. The van der Waals surface area contributed by atoms with Crippen LogP contribution in [0.25, 0.3) is 0 Å². The molecule has 1 aromatic carbocycles. The van der Waals surface area contributed by atoms with Crippen LogP contribution in [0.5, 0.6) is 5.75 Å². The van der Waals surface area contributed by atoms with Gasteiger partial charge in [0, 0.05) is 11.4 Å². The summed E-state index contributed by atoms with van der Waals surface area (Å²) in [7, 11) is 0. The van der Waals surface area contributed by atoms with E-state index in [0.29, 0.717) is 23.8 Å². The first-order valence-corrected chi connectivity index (χ1v) is 4.86. The summed E-state index contributed by atoms with van der Waals surface area (Å²) in [6.45, 7) is 0.547. The number of ether oxygens (including phenoxy) is 1. The molecule has 0 aromatic heterocycles. The number of halogens is 1. The van der Waals surface area contributed by atoms with E-state index in [2.05, 4.69) is 0 Å². The number of carbonyl (C=O) groups excluding carboxylic acids is 1. The zero-order valence-electron chi connectivity index (χ0n) is 7.70. The van der Waals surface area contributed by atoms with Gasteiger partial charge in [-0.05, 0) is 24.6 Å². The summed E-state index contributed by atoms with van der Waals surface area (Å²) in [5.41, 5.74) is 5.57. The van der Waals surface area contributed by atoms with Crippen LogP contribution < -0.4 is 10.5 Å². The molecule has 1 rings (SSSR count). The van der Waals surface area contributed by atoms with Crippen LogP contribution in [0.2, 0.25) is 0 Å². The van der Waals surface area contributed by atoms with Crippen molar-refractivity contribution in [2.75, 3.05) is 12.5 Å². The lowest BCUT2D eigenvalue weighted by molar-refractivity contribution is 0.1000. The summed E-state index contributed by atoms with van der Waals surface area (Å²) in [6.07, 6.45) is 0.780. The first-order chi connectivity index (χ1) is 6.74. The zero-order valence-corrected chi connectivity index (χ0v) is 8.46. The predicted molar refractivity (Wildman–Crippen MR) is 55.8 cm³/mol. The third-order valence-electron chi connectivity index (χ3n) is 1.67. The zero-order chi connectivity index (χ0) is 10.4. The molecule has 0 radical (unpaired) electrons. The lowest BCUT2D eigenvalue weighted by atomic mass is 10.2. The van der Waals surface area contributed by atoms with Gasteiger partial charge in [0.05, 0.1) is 6.61 Å². The van der Waals surface area contributed by atoms with E-state index in [4.69, 9.17) is 22.1 Å². The molecular weight excluding hydrogens is 202 g/mol. The Bertz CT molecular complexity index is 315. The Morgan fingerprint density at radius 2 is 2.29 bits per heavy atom. The summed E-state index contributed by atoms with van der Waals surface area (Å²) < 4.78 is 5.35. The van der Waals surface area contributed by atoms with E-state index >= 15 is 0 Å². The lowest BCUT2D eigenvalue weighted by Gasteiger charge is -2.05. The van der Waals surface area contributed by atoms with Gasteiger partial charge < -0.3 is 10.5 Å². The average molecular weight is 214 g/mol. The molecule has 1 aromatic rings. The van der Waals surface area contributed by atoms with Crippen molar-refractivity contribution in [3.05, 3.63) is 29.8 Å². The lowest BCUT2D eigenvalue weighted by Crippen LogP contribution is -2.10. The molecule has 3 nitrogen and oxygen atoms in total. The number of amides is 1. The summed E-state index contributed by atoms with van der Waals surface area (Å²) >= 11 is 5.50. The van der Waals surface area contributed by atoms with Gasteiger partial charge in [-0.2, -0.15) is 0 Å². The van der Waals surface area contributed by atoms with Gasteiger partial charge >= 0.3 is 0 Å². The Labute approximate surface area is 87.8 Å². The van der Waals surface area contributed by atoms with E-state index in [1.807, 2.05) is 0 Å². The summed E-state index contributed by atoms with van der Waals surface area (Å²) in [5.74, 6) is 0.759. The molecule has 0 saturated carbocycles. The molecule has 0 saturated heterocycles. The molecule has 0 aliphatic rings. The third kappa shape index (κ3) is 3.26. The number of hydrogen-bond donors (Lipinski definition) is 1. The van der Waals surface area contributed by atoms with E-state index in [-0.39, 0.29) is 0 Å². The molecule has 1 amide bonds. The Kier molecular flexibility index (Phi) is 4.26. The Morgan fingerprint density at radius 3 is 2.93 bits per heavy atom. The first kappa shape index (κ1) is 10.9. The van der Waals surface area contributed by atoms with Crippen LogP contribution in [0.3, 0.4) is 0 Å². The monoisotopic (exact) mass is 213 g/mol. The minimum Gasteiger partial charge on any atom is -0.494 e.